The Morgan fingerprint density at radius 1 is 1.53 bits per heavy atom. The summed E-state index contributed by atoms with van der Waals surface area (Å²) in [7, 11) is 0. The minimum Gasteiger partial charge on any atom is -0.409 e. The van der Waals surface area contributed by atoms with Crippen molar-refractivity contribution in [3.05, 3.63) is 18.7 Å². The van der Waals surface area contributed by atoms with Crippen LogP contribution in [0.4, 0.5) is 0 Å². The summed E-state index contributed by atoms with van der Waals surface area (Å²) < 4.78 is 1.86. The van der Waals surface area contributed by atoms with Gasteiger partial charge in [0, 0.05) is 25.5 Å². The number of imidazole rings is 1. The molecule has 106 valence electrons. The maximum absolute atomic E-state index is 12.2. The molecule has 0 unspecified atom stereocenters. The molecule has 0 aliphatic heterocycles. The van der Waals surface area contributed by atoms with E-state index in [2.05, 4.69) is 15.5 Å². The Kier molecular flexibility index (Phi) is 5.35. The lowest BCUT2D eigenvalue weighted by atomic mass is 9.80. The van der Waals surface area contributed by atoms with Crippen LogP contribution in [0.25, 0.3) is 0 Å². The van der Waals surface area contributed by atoms with Crippen LogP contribution in [-0.2, 0) is 11.3 Å². The van der Waals surface area contributed by atoms with Gasteiger partial charge in [-0.1, -0.05) is 19.0 Å². The van der Waals surface area contributed by atoms with Crippen molar-refractivity contribution >= 4 is 11.7 Å². The van der Waals surface area contributed by atoms with Gasteiger partial charge in [0.1, 0.15) is 5.41 Å². The Hall–Kier alpha value is -2.05. The summed E-state index contributed by atoms with van der Waals surface area (Å²) in [5.41, 5.74) is 4.72. The monoisotopic (exact) mass is 267 g/mol. The predicted octanol–water partition coefficient (Wildman–Crippen LogP) is 0.552. The van der Waals surface area contributed by atoms with E-state index in [9.17, 15) is 4.79 Å². The summed E-state index contributed by atoms with van der Waals surface area (Å²) in [4.78, 5) is 16.2. The number of hydrogen-bond acceptors (Lipinski definition) is 4. The van der Waals surface area contributed by atoms with Crippen molar-refractivity contribution in [3.63, 3.8) is 0 Å². The van der Waals surface area contributed by atoms with Crippen LogP contribution < -0.4 is 11.1 Å². The van der Waals surface area contributed by atoms with Gasteiger partial charge in [0.15, 0.2) is 5.84 Å². The molecule has 7 nitrogen and oxygen atoms in total. The Morgan fingerprint density at radius 2 is 2.21 bits per heavy atom. The summed E-state index contributed by atoms with van der Waals surface area (Å²) in [6.45, 7) is 4.79. The van der Waals surface area contributed by atoms with Gasteiger partial charge >= 0.3 is 0 Å². The fourth-order valence-corrected chi connectivity index (χ4v) is 2.03. The van der Waals surface area contributed by atoms with Crippen molar-refractivity contribution in [2.24, 2.45) is 16.3 Å². The van der Waals surface area contributed by atoms with Crippen molar-refractivity contribution < 1.29 is 10.0 Å². The Labute approximate surface area is 112 Å². The molecule has 19 heavy (non-hydrogen) atoms. The maximum Gasteiger partial charge on any atom is 0.233 e. The zero-order chi connectivity index (χ0) is 14.3. The van der Waals surface area contributed by atoms with Gasteiger partial charge in [-0.2, -0.15) is 0 Å². The lowest BCUT2D eigenvalue weighted by Crippen LogP contribution is -2.49. The smallest absolute Gasteiger partial charge is 0.233 e. The molecule has 1 amide bonds. The molecule has 0 aromatic carbocycles. The first-order valence-corrected chi connectivity index (χ1v) is 6.32. The van der Waals surface area contributed by atoms with Gasteiger partial charge in [-0.15, -0.1) is 0 Å². The second-order valence-electron chi connectivity index (χ2n) is 4.33. The molecule has 1 aromatic heterocycles. The maximum atomic E-state index is 12.2. The van der Waals surface area contributed by atoms with E-state index in [0.29, 0.717) is 25.9 Å². The zero-order valence-corrected chi connectivity index (χ0v) is 11.3. The number of nitrogens with zero attached hydrogens (tertiary/aromatic N) is 3. The molecule has 0 saturated carbocycles. The number of nitrogens with two attached hydrogens (primary N) is 1. The van der Waals surface area contributed by atoms with Crippen molar-refractivity contribution in [2.75, 3.05) is 6.54 Å². The Bertz CT molecular complexity index is 423. The molecule has 0 saturated heterocycles. The first-order valence-electron chi connectivity index (χ1n) is 6.32. The van der Waals surface area contributed by atoms with Crippen molar-refractivity contribution in [2.45, 2.75) is 33.2 Å². The van der Waals surface area contributed by atoms with E-state index in [1.807, 2.05) is 24.6 Å². The second kappa shape index (κ2) is 6.77. The van der Waals surface area contributed by atoms with E-state index in [4.69, 9.17) is 10.9 Å². The number of oxime groups is 1. The average Bonchev–Trinajstić information content (AvgIpc) is 2.93. The molecular formula is C12H21N5O2. The van der Waals surface area contributed by atoms with Crippen LogP contribution in [0, 0.1) is 5.41 Å². The minimum absolute atomic E-state index is 0.0439. The van der Waals surface area contributed by atoms with Gasteiger partial charge < -0.3 is 20.8 Å². The number of aromatic nitrogens is 2. The third-order valence-electron chi connectivity index (χ3n) is 3.45. The lowest BCUT2D eigenvalue weighted by molar-refractivity contribution is -0.128. The highest BCUT2D eigenvalue weighted by Gasteiger charge is 2.39. The standard InChI is InChI=1S/C12H21N5O2/c1-3-12(4-2,10(13)16-19)11(18)15-6-8-17-7-5-14-9-17/h5,7,9,19H,3-4,6,8H2,1-2H3,(H2,13,16)(H,15,18). The van der Waals surface area contributed by atoms with Crippen molar-refractivity contribution in [1.29, 1.82) is 0 Å². The largest absolute Gasteiger partial charge is 0.409 e. The molecular weight excluding hydrogens is 246 g/mol. The van der Waals surface area contributed by atoms with E-state index < -0.39 is 5.41 Å². The van der Waals surface area contributed by atoms with Gasteiger partial charge in [0.25, 0.3) is 0 Å². The molecule has 4 N–H and O–H groups in total. The number of amides is 1. The highest BCUT2D eigenvalue weighted by Crippen LogP contribution is 2.26. The number of rotatable bonds is 7. The van der Waals surface area contributed by atoms with Crippen LogP contribution in [0.3, 0.4) is 0 Å². The lowest BCUT2D eigenvalue weighted by Gasteiger charge is -2.28. The predicted molar refractivity (Wildman–Crippen MR) is 71.7 cm³/mol. The third kappa shape index (κ3) is 3.24. The van der Waals surface area contributed by atoms with Crippen LogP contribution in [0.15, 0.2) is 23.9 Å². The molecule has 1 heterocycles. The normalized spacial score (nSPS) is 12.4. The van der Waals surface area contributed by atoms with E-state index in [1.54, 1.807) is 12.5 Å². The van der Waals surface area contributed by atoms with Crippen LogP contribution in [0.5, 0.6) is 0 Å². The number of amidine groups is 1. The van der Waals surface area contributed by atoms with Gasteiger partial charge in [0.2, 0.25) is 5.91 Å². The first-order chi connectivity index (χ1) is 9.10. The highest BCUT2D eigenvalue weighted by molar-refractivity contribution is 6.06. The molecule has 0 fully saturated rings. The van der Waals surface area contributed by atoms with Gasteiger partial charge in [0.05, 0.1) is 6.33 Å². The fourth-order valence-electron chi connectivity index (χ4n) is 2.03. The van der Waals surface area contributed by atoms with Gasteiger partial charge in [-0.25, -0.2) is 4.98 Å². The molecule has 0 radical (unpaired) electrons. The van der Waals surface area contributed by atoms with Crippen molar-refractivity contribution in [3.8, 4) is 0 Å². The molecule has 1 rings (SSSR count). The molecule has 0 aliphatic carbocycles. The third-order valence-corrected chi connectivity index (χ3v) is 3.45. The molecule has 0 spiro atoms. The summed E-state index contributed by atoms with van der Waals surface area (Å²) in [6, 6.07) is 0. The molecule has 1 aromatic rings. The Balaban J connectivity index is 2.63. The zero-order valence-electron chi connectivity index (χ0n) is 11.3. The molecule has 0 atom stereocenters. The quantitative estimate of drug-likeness (QED) is 0.290. The molecule has 7 heteroatoms. The summed E-state index contributed by atoms with van der Waals surface area (Å²) in [5.74, 6) is -0.259. The van der Waals surface area contributed by atoms with E-state index in [1.165, 1.54) is 0 Å². The van der Waals surface area contributed by atoms with Crippen LogP contribution in [-0.4, -0.2) is 33.0 Å². The van der Waals surface area contributed by atoms with Gasteiger partial charge in [-0.3, -0.25) is 4.79 Å². The summed E-state index contributed by atoms with van der Waals surface area (Å²) in [5, 5.41) is 14.6. The fraction of sp³-hybridized carbons (Fsp3) is 0.583. The van der Waals surface area contributed by atoms with Gasteiger partial charge in [-0.05, 0) is 12.8 Å². The summed E-state index contributed by atoms with van der Waals surface area (Å²) >= 11 is 0. The first kappa shape index (κ1) is 15.0. The highest BCUT2D eigenvalue weighted by atomic mass is 16.4. The Morgan fingerprint density at radius 3 is 2.68 bits per heavy atom. The molecule has 0 bridgehead atoms. The topological polar surface area (TPSA) is 106 Å². The van der Waals surface area contributed by atoms with Crippen molar-refractivity contribution in [1.82, 2.24) is 14.9 Å². The van der Waals surface area contributed by atoms with Crippen LogP contribution in [0.1, 0.15) is 26.7 Å². The second-order valence-corrected chi connectivity index (χ2v) is 4.33. The SMILES string of the molecule is CCC(CC)(C(=O)NCCn1ccnc1)C(N)=NO. The number of nitrogens with one attached hydrogen (secondary N) is 1. The number of carbonyl (C=O) groups excluding carboxylic acids is 1. The van der Waals surface area contributed by atoms with E-state index in [0.717, 1.165) is 0 Å². The number of carbonyl (C=O) groups is 1. The van der Waals surface area contributed by atoms with E-state index in [-0.39, 0.29) is 11.7 Å². The van der Waals surface area contributed by atoms with E-state index >= 15 is 0 Å². The van der Waals surface area contributed by atoms with Crippen LogP contribution in [0.2, 0.25) is 0 Å². The molecule has 0 aliphatic rings. The minimum atomic E-state index is -0.941. The number of hydrogen-bond donors (Lipinski definition) is 3. The summed E-state index contributed by atoms with van der Waals surface area (Å²) in [6.07, 6.45) is 6.15. The van der Waals surface area contributed by atoms with Crippen LogP contribution >= 0.6 is 0 Å². The average molecular weight is 267 g/mol.